The summed E-state index contributed by atoms with van der Waals surface area (Å²) in [5.41, 5.74) is 1.14. The molecule has 0 saturated carbocycles. The lowest BCUT2D eigenvalue weighted by atomic mass is 9.95. The molecule has 0 unspecified atom stereocenters. The van der Waals surface area contributed by atoms with Gasteiger partial charge in [-0.2, -0.15) is 0 Å². The van der Waals surface area contributed by atoms with Crippen LogP contribution in [0.2, 0.25) is 0 Å². The number of carbonyl (C=O) groups excluding carboxylic acids is 1. The molecule has 0 spiro atoms. The van der Waals surface area contributed by atoms with Crippen LogP contribution in [-0.4, -0.2) is 25.3 Å². The first kappa shape index (κ1) is 22.4. The van der Waals surface area contributed by atoms with Crippen LogP contribution in [0.5, 0.6) is 0 Å². The Morgan fingerprint density at radius 1 is 1.21 bits per heavy atom. The molecule has 0 aliphatic heterocycles. The van der Waals surface area contributed by atoms with Crippen LogP contribution in [0.15, 0.2) is 27.2 Å². The molecule has 2 aromatic heterocycles. The topological polar surface area (TPSA) is 131 Å². The average Bonchev–Trinajstić information content (AvgIpc) is 3.05. The van der Waals surface area contributed by atoms with Crippen molar-refractivity contribution in [2.24, 2.45) is 9.50 Å². The van der Waals surface area contributed by atoms with E-state index in [0.717, 1.165) is 22.5 Å². The second-order valence-electron chi connectivity index (χ2n) is 7.64. The zero-order valence-corrected chi connectivity index (χ0v) is 18.5. The molecule has 0 aliphatic carbocycles. The molecule has 2 rings (SSSR count). The molecular formula is C18H27N5O3S2. The van der Waals surface area contributed by atoms with Gasteiger partial charge >= 0.3 is 6.03 Å². The monoisotopic (exact) mass is 425 g/mol. The third-order valence-electron chi connectivity index (χ3n) is 4.00. The van der Waals surface area contributed by atoms with Crippen LogP contribution in [-0.2, 0) is 15.5 Å². The van der Waals surface area contributed by atoms with Gasteiger partial charge in [0.25, 0.3) is 0 Å². The number of nitrogens with one attached hydrogen (secondary N) is 1. The molecular weight excluding hydrogens is 398 g/mol. The Balaban J connectivity index is 2.40. The van der Waals surface area contributed by atoms with Gasteiger partial charge in [0.05, 0.1) is 11.9 Å². The maximum absolute atomic E-state index is 12.8. The summed E-state index contributed by atoms with van der Waals surface area (Å²) in [6.07, 6.45) is 4.68. The molecule has 0 saturated heterocycles. The molecule has 0 aliphatic rings. The van der Waals surface area contributed by atoms with Crippen LogP contribution < -0.4 is 10.5 Å². The minimum atomic E-state index is -3.49. The highest BCUT2D eigenvalue weighted by Gasteiger charge is 2.24. The number of carbonyl (C=O) groups is 1. The highest BCUT2D eigenvalue weighted by molar-refractivity contribution is 7.93. The van der Waals surface area contributed by atoms with Crippen LogP contribution in [0, 0.1) is 0 Å². The molecule has 0 fully saturated rings. The van der Waals surface area contributed by atoms with Gasteiger partial charge in [-0.05, 0) is 36.8 Å². The third kappa shape index (κ3) is 5.13. The molecule has 0 radical (unpaired) electrons. The first-order valence-corrected chi connectivity index (χ1v) is 11.2. The summed E-state index contributed by atoms with van der Waals surface area (Å²) in [6.45, 7) is 11.1. The highest BCUT2D eigenvalue weighted by Crippen LogP contribution is 2.32. The second kappa shape index (κ2) is 8.24. The first-order valence-electron chi connectivity index (χ1n) is 8.85. The fourth-order valence-electron chi connectivity index (χ4n) is 2.49. The van der Waals surface area contributed by atoms with Crippen LogP contribution in [0.3, 0.4) is 0 Å². The van der Waals surface area contributed by atoms with E-state index >= 15 is 0 Å². The number of hydrogen-bond acceptors (Lipinski definition) is 6. The summed E-state index contributed by atoms with van der Waals surface area (Å²) in [6, 6.07) is -0.805. The summed E-state index contributed by atoms with van der Waals surface area (Å²) in [7, 11) is -3.49. The van der Waals surface area contributed by atoms with E-state index in [1.54, 1.807) is 26.2 Å². The number of amides is 2. The van der Waals surface area contributed by atoms with E-state index in [1.165, 1.54) is 6.20 Å². The van der Waals surface area contributed by atoms with Crippen LogP contribution in [0.1, 0.15) is 69.5 Å². The van der Waals surface area contributed by atoms with Gasteiger partial charge in [-0.15, -0.1) is 15.7 Å². The Morgan fingerprint density at radius 2 is 1.75 bits per heavy atom. The van der Waals surface area contributed by atoms with Gasteiger partial charge in [0, 0.05) is 12.4 Å². The van der Waals surface area contributed by atoms with E-state index in [1.807, 2.05) is 27.7 Å². The number of anilines is 1. The van der Waals surface area contributed by atoms with Crippen molar-refractivity contribution in [2.45, 2.75) is 63.2 Å². The summed E-state index contributed by atoms with van der Waals surface area (Å²) in [4.78, 5) is 20.8. The van der Waals surface area contributed by atoms with Gasteiger partial charge in [0.1, 0.15) is 14.8 Å². The zero-order valence-electron chi connectivity index (χ0n) is 16.9. The highest BCUT2D eigenvalue weighted by atomic mass is 32.2. The number of nitrogens with zero attached hydrogens (tertiary/aromatic N) is 3. The van der Waals surface area contributed by atoms with Crippen molar-refractivity contribution in [3.05, 3.63) is 34.7 Å². The van der Waals surface area contributed by atoms with Crippen molar-refractivity contribution in [1.29, 1.82) is 0 Å². The van der Waals surface area contributed by atoms with Crippen LogP contribution in [0.25, 0.3) is 0 Å². The maximum atomic E-state index is 12.8. The third-order valence-corrected chi connectivity index (χ3v) is 7.19. The lowest BCUT2D eigenvalue weighted by Crippen LogP contribution is -2.18. The van der Waals surface area contributed by atoms with E-state index in [2.05, 4.69) is 19.6 Å². The molecule has 2 amide bonds. The van der Waals surface area contributed by atoms with Crippen molar-refractivity contribution in [2.75, 3.05) is 5.32 Å². The van der Waals surface area contributed by atoms with Gasteiger partial charge in [0.2, 0.25) is 0 Å². The Hall–Kier alpha value is -1.88. The number of pyridine rings is 1. The molecule has 0 aromatic carbocycles. The number of rotatable bonds is 5. The number of thiazole rings is 1. The molecule has 0 bridgehead atoms. The zero-order chi connectivity index (χ0) is 21.3. The number of hydrogen-bond donors (Lipinski definition) is 3. The molecule has 10 heteroatoms. The quantitative estimate of drug-likeness (QED) is 0.668. The van der Waals surface area contributed by atoms with Gasteiger partial charge < -0.3 is 10.4 Å². The number of nitrogens with two attached hydrogens (primary N) is 1. The average molecular weight is 426 g/mol. The lowest BCUT2D eigenvalue weighted by molar-refractivity contribution is 0.0783. The van der Waals surface area contributed by atoms with E-state index in [-0.39, 0.29) is 16.0 Å². The number of aliphatic hydroxyl groups is 1. The number of urea groups is 1. The minimum Gasteiger partial charge on any atom is -0.383 e. The SMILES string of the molecule is CC(C)c1cncc(C(C)C)c1NC(=O)N=[S@@](N)(=O)c1cnc(C(C)(C)O)s1. The fraction of sp³-hybridized carbons (Fsp3) is 0.500. The normalized spacial score (nSPS) is 14.2. The van der Waals surface area contributed by atoms with Crippen molar-refractivity contribution in [3.63, 3.8) is 0 Å². The van der Waals surface area contributed by atoms with E-state index in [4.69, 9.17) is 5.14 Å². The standard InChI is InChI=1S/C18H27N5O3S2/c1-10(2)12-7-20-8-13(11(3)4)15(12)22-17(24)23-28(19,26)14-9-21-16(27-14)18(5,6)25/h7-11,25H,1-6H3,(H3,19,20,22,23,24,26)/t28-/m1/s1. The Kier molecular flexibility index (Phi) is 6.59. The molecule has 154 valence electrons. The van der Waals surface area contributed by atoms with E-state index in [0.29, 0.717) is 10.7 Å². The Bertz CT molecular complexity index is 957. The number of aromatic nitrogens is 2. The molecule has 8 nitrogen and oxygen atoms in total. The summed E-state index contributed by atoms with van der Waals surface area (Å²) >= 11 is 0.966. The molecule has 2 aromatic rings. The van der Waals surface area contributed by atoms with Crippen molar-refractivity contribution >= 4 is 33.0 Å². The smallest absolute Gasteiger partial charge is 0.354 e. The van der Waals surface area contributed by atoms with E-state index in [9.17, 15) is 14.1 Å². The molecule has 1 atom stereocenters. The van der Waals surface area contributed by atoms with Gasteiger partial charge in [-0.25, -0.2) is 19.1 Å². The molecule has 4 N–H and O–H groups in total. The predicted molar refractivity (Wildman–Crippen MR) is 112 cm³/mol. The fourth-order valence-corrected chi connectivity index (χ4v) is 4.55. The lowest BCUT2D eigenvalue weighted by Gasteiger charge is -2.18. The van der Waals surface area contributed by atoms with Crippen LogP contribution >= 0.6 is 11.3 Å². The van der Waals surface area contributed by atoms with Crippen LogP contribution in [0.4, 0.5) is 10.5 Å². The summed E-state index contributed by atoms with van der Waals surface area (Å²) in [5.74, 6) is 0.249. The van der Waals surface area contributed by atoms with E-state index < -0.39 is 21.5 Å². The van der Waals surface area contributed by atoms with Crippen molar-refractivity contribution < 1.29 is 14.1 Å². The molecule has 28 heavy (non-hydrogen) atoms. The Morgan fingerprint density at radius 3 is 2.18 bits per heavy atom. The van der Waals surface area contributed by atoms with Crippen molar-refractivity contribution in [3.8, 4) is 0 Å². The van der Waals surface area contributed by atoms with Gasteiger partial charge in [-0.1, -0.05) is 27.7 Å². The first-order chi connectivity index (χ1) is 12.8. The molecule has 2 heterocycles. The Labute approximate surface area is 169 Å². The second-order valence-corrected chi connectivity index (χ2v) is 10.7. The summed E-state index contributed by atoms with van der Waals surface area (Å²) in [5, 5.41) is 18.9. The van der Waals surface area contributed by atoms with Crippen molar-refractivity contribution in [1.82, 2.24) is 9.97 Å². The maximum Gasteiger partial charge on any atom is 0.354 e. The minimum absolute atomic E-state index is 0.125. The summed E-state index contributed by atoms with van der Waals surface area (Å²) < 4.78 is 16.6. The van der Waals surface area contributed by atoms with Gasteiger partial charge in [0.15, 0.2) is 9.92 Å². The van der Waals surface area contributed by atoms with Gasteiger partial charge in [-0.3, -0.25) is 4.98 Å². The predicted octanol–water partition coefficient (Wildman–Crippen LogP) is 3.95. The largest absolute Gasteiger partial charge is 0.383 e.